The molecule has 78 valence electrons. The highest BCUT2D eigenvalue weighted by Gasteiger charge is 2.13. The molecule has 4 heteroatoms. The van der Waals surface area contributed by atoms with Crippen LogP contribution in [0.3, 0.4) is 0 Å². The molecule has 1 unspecified atom stereocenters. The van der Waals surface area contributed by atoms with E-state index in [0.29, 0.717) is 5.69 Å². The van der Waals surface area contributed by atoms with Crippen LogP contribution in [0.5, 0.6) is 5.75 Å². The van der Waals surface area contributed by atoms with Crippen molar-refractivity contribution in [2.24, 2.45) is 5.73 Å². The molecule has 0 saturated carbocycles. The maximum Gasteiger partial charge on any atom is 0.195 e. The van der Waals surface area contributed by atoms with Gasteiger partial charge in [0.25, 0.3) is 0 Å². The smallest absolute Gasteiger partial charge is 0.195 e. The highest BCUT2D eigenvalue weighted by molar-refractivity contribution is 6.02. The van der Waals surface area contributed by atoms with Gasteiger partial charge in [-0.1, -0.05) is 0 Å². The molecule has 4 N–H and O–H groups in total. The number of carbonyl (C=O) groups is 1. The Bertz CT molecular complexity index is 514. The van der Waals surface area contributed by atoms with E-state index >= 15 is 0 Å². The van der Waals surface area contributed by atoms with Crippen LogP contribution < -0.4 is 5.73 Å². The van der Waals surface area contributed by atoms with Gasteiger partial charge in [0.2, 0.25) is 0 Å². The summed E-state index contributed by atoms with van der Waals surface area (Å²) in [4.78, 5) is 14.5. The second-order valence-corrected chi connectivity index (χ2v) is 3.61. The van der Waals surface area contributed by atoms with Gasteiger partial charge in [-0.25, -0.2) is 0 Å². The average molecular weight is 204 g/mol. The largest absolute Gasteiger partial charge is 0.508 e. The minimum atomic E-state index is -0.522. The van der Waals surface area contributed by atoms with Gasteiger partial charge in [0.05, 0.1) is 11.7 Å². The molecule has 0 spiro atoms. The number of nitrogens with one attached hydrogen (secondary N) is 1. The van der Waals surface area contributed by atoms with Gasteiger partial charge in [-0.3, -0.25) is 4.79 Å². The first kappa shape index (κ1) is 9.73. The molecule has 0 amide bonds. The molecule has 0 radical (unpaired) electrons. The molecule has 0 bridgehead atoms. The number of hydrogen-bond donors (Lipinski definition) is 3. The number of aromatic nitrogens is 1. The van der Waals surface area contributed by atoms with Gasteiger partial charge in [-0.05, 0) is 25.1 Å². The molecule has 1 atom stereocenters. The quantitative estimate of drug-likeness (QED) is 0.647. The molecule has 0 fully saturated rings. The third-order valence-electron chi connectivity index (χ3n) is 2.29. The zero-order chi connectivity index (χ0) is 11.0. The lowest BCUT2D eigenvalue weighted by atomic mass is 10.1. The lowest BCUT2D eigenvalue weighted by molar-refractivity contribution is 0.0964. The Hall–Kier alpha value is -1.81. The van der Waals surface area contributed by atoms with Crippen molar-refractivity contribution < 1.29 is 9.90 Å². The molecular formula is C11H12N2O2. The number of carbonyl (C=O) groups excluding carboxylic acids is 1. The number of fused-ring (bicyclic) bond motifs is 1. The van der Waals surface area contributed by atoms with E-state index in [-0.39, 0.29) is 11.5 Å². The van der Waals surface area contributed by atoms with E-state index in [1.807, 2.05) is 0 Å². The lowest BCUT2D eigenvalue weighted by Gasteiger charge is -1.99. The Labute approximate surface area is 86.7 Å². The molecule has 2 rings (SSSR count). The molecule has 1 aromatic heterocycles. The zero-order valence-electron chi connectivity index (χ0n) is 8.32. The fraction of sp³-hybridized carbons (Fsp3) is 0.182. The van der Waals surface area contributed by atoms with Crippen LogP contribution in [0.4, 0.5) is 0 Å². The van der Waals surface area contributed by atoms with Crippen LogP contribution in [-0.4, -0.2) is 21.9 Å². The van der Waals surface area contributed by atoms with E-state index in [1.54, 1.807) is 31.2 Å². The summed E-state index contributed by atoms with van der Waals surface area (Å²) in [5.41, 5.74) is 6.71. The fourth-order valence-electron chi connectivity index (χ4n) is 1.49. The number of benzene rings is 1. The number of phenols is 1. The molecule has 1 heterocycles. The van der Waals surface area contributed by atoms with Crippen molar-refractivity contribution in [2.45, 2.75) is 13.0 Å². The summed E-state index contributed by atoms with van der Waals surface area (Å²) in [5, 5.41) is 10.1. The van der Waals surface area contributed by atoms with E-state index in [0.717, 1.165) is 10.9 Å². The topological polar surface area (TPSA) is 79.1 Å². The van der Waals surface area contributed by atoms with E-state index in [2.05, 4.69) is 4.98 Å². The highest BCUT2D eigenvalue weighted by Crippen LogP contribution is 2.20. The van der Waals surface area contributed by atoms with Crippen LogP contribution in [0.25, 0.3) is 10.9 Å². The molecule has 2 aromatic rings. The summed E-state index contributed by atoms with van der Waals surface area (Å²) < 4.78 is 0. The minimum absolute atomic E-state index is 0.134. The Morgan fingerprint density at radius 3 is 2.87 bits per heavy atom. The van der Waals surface area contributed by atoms with Crippen LogP contribution in [0.2, 0.25) is 0 Å². The summed E-state index contributed by atoms with van der Waals surface area (Å²) in [6, 6.07) is 6.12. The molecule has 15 heavy (non-hydrogen) atoms. The monoisotopic (exact) mass is 204 g/mol. The number of ketones is 1. The van der Waals surface area contributed by atoms with Crippen molar-refractivity contribution in [1.82, 2.24) is 4.98 Å². The molecule has 0 aliphatic carbocycles. The van der Waals surface area contributed by atoms with E-state index in [1.165, 1.54) is 0 Å². The van der Waals surface area contributed by atoms with Crippen molar-refractivity contribution in [3.63, 3.8) is 0 Å². The SMILES string of the molecule is CC(N)C(=O)c1cc2ccc(O)cc2[nH]1. The maximum atomic E-state index is 11.6. The number of Topliss-reactive ketones (excluding diaryl/α,β-unsaturated/α-hetero) is 1. The van der Waals surface area contributed by atoms with Gasteiger partial charge >= 0.3 is 0 Å². The fourth-order valence-corrected chi connectivity index (χ4v) is 1.49. The number of hydrogen-bond acceptors (Lipinski definition) is 3. The van der Waals surface area contributed by atoms with Gasteiger partial charge < -0.3 is 15.8 Å². The second-order valence-electron chi connectivity index (χ2n) is 3.61. The average Bonchev–Trinajstić information content (AvgIpc) is 2.58. The second kappa shape index (κ2) is 3.40. The molecule has 0 saturated heterocycles. The molecule has 1 aromatic carbocycles. The van der Waals surface area contributed by atoms with Crippen LogP contribution in [0.15, 0.2) is 24.3 Å². The Morgan fingerprint density at radius 1 is 1.47 bits per heavy atom. The summed E-state index contributed by atoms with van der Waals surface area (Å²) in [5.74, 6) is 0.0369. The van der Waals surface area contributed by atoms with Crippen molar-refractivity contribution in [3.05, 3.63) is 30.0 Å². The van der Waals surface area contributed by atoms with Gasteiger partial charge in [-0.15, -0.1) is 0 Å². The maximum absolute atomic E-state index is 11.6. The number of H-pyrrole nitrogens is 1. The molecule has 0 aliphatic heterocycles. The summed E-state index contributed by atoms with van der Waals surface area (Å²) in [6.07, 6.45) is 0. The lowest BCUT2D eigenvalue weighted by Crippen LogP contribution is -2.26. The Morgan fingerprint density at radius 2 is 2.20 bits per heavy atom. The molecule has 4 nitrogen and oxygen atoms in total. The highest BCUT2D eigenvalue weighted by atomic mass is 16.3. The zero-order valence-corrected chi connectivity index (χ0v) is 8.32. The summed E-state index contributed by atoms with van der Waals surface area (Å²) in [7, 11) is 0. The number of nitrogens with two attached hydrogens (primary N) is 1. The minimum Gasteiger partial charge on any atom is -0.508 e. The predicted molar refractivity (Wildman–Crippen MR) is 57.9 cm³/mol. The van der Waals surface area contributed by atoms with Crippen LogP contribution in [0, 0.1) is 0 Å². The van der Waals surface area contributed by atoms with Crippen LogP contribution in [0.1, 0.15) is 17.4 Å². The van der Waals surface area contributed by atoms with Crippen molar-refractivity contribution in [3.8, 4) is 5.75 Å². The first-order valence-corrected chi connectivity index (χ1v) is 4.69. The van der Waals surface area contributed by atoms with Gasteiger partial charge in [0.15, 0.2) is 5.78 Å². The van der Waals surface area contributed by atoms with Crippen molar-refractivity contribution in [2.75, 3.05) is 0 Å². The standard InChI is InChI=1S/C11H12N2O2/c1-6(12)11(15)10-4-7-2-3-8(14)5-9(7)13-10/h2-6,13-14H,12H2,1H3. The number of aromatic hydroxyl groups is 1. The number of aromatic amines is 1. The molecular weight excluding hydrogens is 192 g/mol. The van der Waals surface area contributed by atoms with Gasteiger partial charge in [0, 0.05) is 17.0 Å². The van der Waals surface area contributed by atoms with Crippen molar-refractivity contribution in [1.29, 1.82) is 0 Å². The predicted octanol–water partition coefficient (Wildman–Crippen LogP) is 1.40. The van der Waals surface area contributed by atoms with Crippen LogP contribution in [-0.2, 0) is 0 Å². The summed E-state index contributed by atoms with van der Waals surface area (Å²) >= 11 is 0. The third-order valence-corrected chi connectivity index (χ3v) is 2.29. The van der Waals surface area contributed by atoms with Crippen molar-refractivity contribution >= 4 is 16.7 Å². The molecule has 0 aliphatic rings. The number of rotatable bonds is 2. The van der Waals surface area contributed by atoms with Gasteiger partial charge in [0.1, 0.15) is 5.75 Å². The van der Waals surface area contributed by atoms with E-state index in [9.17, 15) is 9.90 Å². The normalized spacial score (nSPS) is 12.9. The van der Waals surface area contributed by atoms with Crippen LogP contribution >= 0.6 is 0 Å². The third kappa shape index (κ3) is 1.71. The van der Waals surface area contributed by atoms with E-state index < -0.39 is 6.04 Å². The number of phenolic OH excluding ortho intramolecular Hbond substituents is 1. The Kier molecular flexibility index (Phi) is 2.21. The van der Waals surface area contributed by atoms with E-state index in [4.69, 9.17) is 5.73 Å². The Balaban J connectivity index is 2.52. The van der Waals surface area contributed by atoms with Gasteiger partial charge in [-0.2, -0.15) is 0 Å². The summed E-state index contributed by atoms with van der Waals surface area (Å²) in [6.45, 7) is 1.64. The first-order chi connectivity index (χ1) is 7.08. The first-order valence-electron chi connectivity index (χ1n) is 4.69.